The minimum atomic E-state index is -0.295. The molecule has 0 saturated carbocycles. The highest BCUT2D eigenvalue weighted by Crippen LogP contribution is 2.30. The summed E-state index contributed by atoms with van der Waals surface area (Å²) >= 11 is 0. The lowest BCUT2D eigenvalue weighted by Gasteiger charge is -2.25. The number of amides is 1. The zero-order valence-corrected chi connectivity index (χ0v) is 15.6. The summed E-state index contributed by atoms with van der Waals surface area (Å²) < 4.78 is 16.6. The first-order chi connectivity index (χ1) is 12.0. The molecule has 1 aliphatic heterocycles. The van der Waals surface area contributed by atoms with Gasteiger partial charge in [0.1, 0.15) is 6.04 Å². The van der Waals surface area contributed by atoms with Crippen molar-refractivity contribution < 1.29 is 19.0 Å². The molecule has 2 N–H and O–H groups in total. The second kappa shape index (κ2) is 9.63. The summed E-state index contributed by atoms with van der Waals surface area (Å²) in [5.41, 5.74) is 0.970. The largest absolute Gasteiger partial charge is 0.493 e. The molecule has 6 nitrogen and oxygen atoms in total. The molecule has 140 valence electrons. The lowest BCUT2D eigenvalue weighted by molar-refractivity contribution is -0.126. The number of carbonyl (C=O) groups is 1. The minimum Gasteiger partial charge on any atom is -0.493 e. The first kappa shape index (κ1) is 19.5. The molecule has 1 amide bonds. The Morgan fingerprint density at radius 3 is 2.80 bits per heavy atom. The molecule has 1 fully saturated rings. The Kier molecular flexibility index (Phi) is 7.52. The van der Waals surface area contributed by atoms with Crippen molar-refractivity contribution in [1.29, 1.82) is 0 Å². The molecule has 0 aliphatic carbocycles. The van der Waals surface area contributed by atoms with Gasteiger partial charge in [-0.15, -0.1) is 0 Å². The van der Waals surface area contributed by atoms with Gasteiger partial charge in [-0.1, -0.05) is 19.9 Å². The Morgan fingerprint density at radius 1 is 1.36 bits per heavy atom. The highest BCUT2D eigenvalue weighted by Gasteiger charge is 2.23. The second-order valence-corrected chi connectivity index (χ2v) is 6.75. The Hall–Kier alpha value is -1.79. The lowest BCUT2D eigenvalue weighted by Crippen LogP contribution is -2.51. The first-order valence-corrected chi connectivity index (χ1v) is 8.93. The third kappa shape index (κ3) is 5.90. The second-order valence-electron chi connectivity index (χ2n) is 6.75. The number of rotatable bonds is 8. The molecule has 0 radical (unpaired) electrons. The summed E-state index contributed by atoms with van der Waals surface area (Å²) in [5, 5.41) is 6.17. The van der Waals surface area contributed by atoms with Crippen LogP contribution in [0.2, 0.25) is 0 Å². The smallest absolute Gasteiger partial charge is 0.240 e. The van der Waals surface area contributed by atoms with Crippen molar-refractivity contribution in [2.45, 2.75) is 39.3 Å². The van der Waals surface area contributed by atoms with Gasteiger partial charge in [0.05, 0.1) is 33.0 Å². The van der Waals surface area contributed by atoms with Crippen LogP contribution in [0.25, 0.3) is 0 Å². The van der Waals surface area contributed by atoms with E-state index < -0.39 is 0 Å². The molecule has 6 heteroatoms. The molecule has 1 heterocycles. The van der Waals surface area contributed by atoms with Gasteiger partial charge in [-0.2, -0.15) is 0 Å². The van der Waals surface area contributed by atoms with Crippen LogP contribution in [0.4, 0.5) is 0 Å². The van der Waals surface area contributed by atoms with Crippen molar-refractivity contribution in [1.82, 2.24) is 10.6 Å². The van der Waals surface area contributed by atoms with E-state index in [1.807, 2.05) is 25.1 Å². The van der Waals surface area contributed by atoms with Gasteiger partial charge >= 0.3 is 0 Å². The van der Waals surface area contributed by atoms with E-state index in [0.717, 1.165) is 17.7 Å². The van der Waals surface area contributed by atoms with Crippen molar-refractivity contribution >= 4 is 5.91 Å². The molecule has 1 aromatic rings. The van der Waals surface area contributed by atoms with Crippen LogP contribution in [0.15, 0.2) is 18.2 Å². The van der Waals surface area contributed by atoms with Crippen molar-refractivity contribution in [2.75, 3.05) is 33.5 Å². The van der Waals surface area contributed by atoms with Crippen LogP contribution >= 0.6 is 0 Å². The van der Waals surface area contributed by atoms with Gasteiger partial charge in [0.25, 0.3) is 0 Å². The summed E-state index contributed by atoms with van der Waals surface area (Å²) in [5.74, 6) is 1.95. The molecule has 2 unspecified atom stereocenters. The van der Waals surface area contributed by atoms with E-state index in [0.29, 0.717) is 38.0 Å². The molecule has 1 saturated heterocycles. The molecular formula is C19H30N2O4. The topological polar surface area (TPSA) is 68.8 Å². The van der Waals surface area contributed by atoms with Crippen LogP contribution in [0.1, 0.15) is 38.8 Å². The van der Waals surface area contributed by atoms with Gasteiger partial charge in [0.15, 0.2) is 11.5 Å². The first-order valence-electron chi connectivity index (χ1n) is 8.93. The van der Waals surface area contributed by atoms with E-state index in [9.17, 15) is 4.79 Å². The molecule has 0 bridgehead atoms. The summed E-state index contributed by atoms with van der Waals surface area (Å²) in [6.07, 6.45) is 0.994. The van der Waals surface area contributed by atoms with E-state index in [-0.39, 0.29) is 18.0 Å². The fourth-order valence-electron chi connectivity index (χ4n) is 2.61. The van der Waals surface area contributed by atoms with Crippen LogP contribution in [0.5, 0.6) is 11.5 Å². The van der Waals surface area contributed by atoms with Gasteiger partial charge < -0.3 is 24.8 Å². The number of hydrogen-bond donors (Lipinski definition) is 2. The highest BCUT2D eigenvalue weighted by molar-refractivity contribution is 5.82. The van der Waals surface area contributed by atoms with Crippen LogP contribution in [-0.4, -0.2) is 45.4 Å². The van der Waals surface area contributed by atoms with Crippen LogP contribution < -0.4 is 20.1 Å². The predicted octanol–water partition coefficient (Wildman–Crippen LogP) is 2.29. The molecule has 0 spiro atoms. The standard InChI is InChI=1S/C19H30N2O4/c1-13(2)7-9-25-17-6-5-15(11-18(17)23-4)14(3)21-19(22)16-12-24-10-8-20-16/h5-6,11,13-14,16,20H,7-10,12H2,1-4H3,(H,21,22). The lowest BCUT2D eigenvalue weighted by atomic mass is 10.1. The monoisotopic (exact) mass is 350 g/mol. The maximum absolute atomic E-state index is 12.3. The number of morpholine rings is 1. The quantitative estimate of drug-likeness (QED) is 0.753. The number of carbonyl (C=O) groups excluding carboxylic acids is 1. The normalized spacial score (nSPS) is 18.7. The molecule has 25 heavy (non-hydrogen) atoms. The van der Waals surface area contributed by atoms with Crippen molar-refractivity contribution in [3.05, 3.63) is 23.8 Å². The summed E-state index contributed by atoms with van der Waals surface area (Å²) in [6, 6.07) is 5.36. The van der Waals surface area contributed by atoms with Gasteiger partial charge in [-0.05, 0) is 37.0 Å². The fraction of sp³-hybridized carbons (Fsp3) is 0.632. The van der Waals surface area contributed by atoms with Gasteiger partial charge in [0.2, 0.25) is 5.91 Å². The van der Waals surface area contributed by atoms with Gasteiger partial charge in [-0.3, -0.25) is 4.79 Å². The highest BCUT2D eigenvalue weighted by atomic mass is 16.5. The third-order valence-electron chi connectivity index (χ3n) is 4.24. The fourth-order valence-corrected chi connectivity index (χ4v) is 2.61. The minimum absolute atomic E-state index is 0.0524. The number of nitrogens with one attached hydrogen (secondary N) is 2. The average molecular weight is 350 g/mol. The maximum Gasteiger partial charge on any atom is 0.240 e. The number of ether oxygens (including phenoxy) is 3. The molecular weight excluding hydrogens is 320 g/mol. The van der Waals surface area contributed by atoms with E-state index in [1.165, 1.54) is 0 Å². The maximum atomic E-state index is 12.3. The molecule has 0 aromatic heterocycles. The SMILES string of the molecule is COc1cc(C(C)NC(=O)C2COCCN2)ccc1OCCC(C)C. The zero-order chi connectivity index (χ0) is 18.2. The van der Waals surface area contributed by atoms with Crippen molar-refractivity contribution in [2.24, 2.45) is 5.92 Å². The number of methoxy groups -OCH3 is 1. The Morgan fingerprint density at radius 2 is 2.16 bits per heavy atom. The van der Waals surface area contributed by atoms with E-state index in [4.69, 9.17) is 14.2 Å². The molecule has 1 aliphatic rings. The number of hydrogen-bond acceptors (Lipinski definition) is 5. The van der Waals surface area contributed by atoms with Gasteiger partial charge in [0, 0.05) is 6.54 Å². The van der Waals surface area contributed by atoms with E-state index >= 15 is 0 Å². The van der Waals surface area contributed by atoms with Gasteiger partial charge in [-0.25, -0.2) is 0 Å². The molecule has 2 atom stereocenters. The third-order valence-corrected chi connectivity index (χ3v) is 4.24. The van der Waals surface area contributed by atoms with Crippen LogP contribution in [0, 0.1) is 5.92 Å². The molecule has 1 aromatic carbocycles. The van der Waals surface area contributed by atoms with E-state index in [2.05, 4.69) is 24.5 Å². The van der Waals surface area contributed by atoms with Crippen molar-refractivity contribution in [3.63, 3.8) is 0 Å². The van der Waals surface area contributed by atoms with Crippen molar-refractivity contribution in [3.8, 4) is 11.5 Å². The van der Waals surface area contributed by atoms with Crippen LogP contribution in [0.3, 0.4) is 0 Å². The number of benzene rings is 1. The Bertz CT molecular complexity index is 556. The summed E-state index contributed by atoms with van der Waals surface area (Å²) in [4.78, 5) is 12.3. The summed E-state index contributed by atoms with van der Waals surface area (Å²) in [7, 11) is 1.63. The predicted molar refractivity (Wildman–Crippen MR) is 97.1 cm³/mol. The molecule has 2 rings (SSSR count). The Labute approximate surface area is 150 Å². The van der Waals surface area contributed by atoms with Crippen LogP contribution in [-0.2, 0) is 9.53 Å². The average Bonchev–Trinajstić information content (AvgIpc) is 2.62. The zero-order valence-electron chi connectivity index (χ0n) is 15.6. The Balaban J connectivity index is 1.96. The summed E-state index contributed by atoms with van der Waals surface area (Å²) in [6.45, 7) is 8.70. The van der Waals surface area contributed by atoms with E-state index in [1.54, 1.807) is 7.11 Å².